The lowest BCUT2D eigenvalue weighted by atomic mass is 10.2. The van der Waals surface area contributed by atoms with Crippen molar-refractivity contribution in [3.8, 4) is 5.75 Å². The lowest BCUT2D eigenvalue weighted by molar-refractivity contribution is 0.102. The number of halogens is 1. The van der Waals surface area contributed by atoms with Gasteiger partial charge in [-0.05, 0) is 54.6 Å². The van der Waals surface area contributed by atoms with E-state index in [1.165, 1.54) is 0 Å². The molecule has 0 atom stereocenters. The first kappa shape index (κ1) is 16.9. The third kappa shape index (κ3) is 4.52. The predicted octanol–water partition coefficient (Wildman–Crippen LogP) is 5.34. The standard InChI is InChI=1S/C20H17ClN2O2/c1-25-19-7-3-6-18(13-19)22-16-8-10-17(11-9-16)23-20(24)14-4-2-5-15(21)12-14/h2-13,22H,1H3,(H,23,24). The molecule has 25 heavy (non-hydrogen) atoms. The fraction of sp³-hybridized carbons (Fsp3) is 0.0500. The van der Waals surface area contributed by atoms with E-state index >= 15 is 0 Å². The lowest BCUT2D eigenvalue weighted by Crippen LogP contribution is -2.11. The fourth-order valence-electron chi connectivity index (χ4n) is 2.34. The Hall–Kier alpha value is -2.98. The minimum Gasteiger partial charge on any atom is -0.497 e. The lowest BCUT2D eigenvalue weighted by Gasteiger charge is -2.10. The van der Waals surface area contributed by atoms with Crippen LogP contribution in [0.15, 0.2) is 72.8 Å². The van der Waals surface area contributed by atoms with Crippen molar-refractivity contribution in [3.05, 3.63) is 83.4 Å². The molecule has 0 saturated heterocycles. The highest BCUT2D eigenvalue weighted by Crippen LogP contribution is 2.22. The molecule has 1 amide bonds. The number of hydrogen-bond donors (Lipinski definition) is 2. The second-order valence-electron chi connectivity index (χ2n) is 5.40. The highest BCUT2D eigenvalue weighted by atomic mass is 35.5. The Balaban J connectivity index is 1.66. The minimum absolute atomic E-state index is 0.198. The maximum absolute atomic E-state index is 12.2. The first-order valence-corrected chi connectivity index (χ1v) is 8.10. The van der Waals surface area contributed by atoms with E-state index in [1.807, 2.05) is 48.5 Å². The maximum Gasteiger partial charge on any atom is 0.255 e. The number of nitrogens with one attached hydrogen (secondary N) is 2. The van der Waals surface area contributed by atoms with E-state index in [9.17, 15) is 4.79 Å². The molecule has 0 spiro atoms. The summed E-state index contributed by atoms with van der Waals surface area (Å²) in [7, 11) is 1.64. The minimum atomic E-state index is -0.198. The molecule has 0 radical (unpaired) electrons. The molecule has 0 aliphatic rings. The molecule has 0 saturated carbocycles. The average Bonchev–Trinajstić information content (AvgIpc) is 2.63. The van der Waals surface area contributed by atoms with Crippen molar-refractivity contribution in [2.45, 2.75) is 0 Å². The Bertz CT molecular complexity index is 879. The summed E-state index contributed by atoms with van der Waals surface area (Å²) in [6.07, 6.45) is 0. The van der Waals surface area contributed by atoms with Gasteiger partial charge >= 0.3 is 0 Å². The van der Waals surface area contributed by atoms with Crippen molar-refractivity contribution in [3.63, 3.8) is 0 Å². The van der Waals surface area contributed by atoms with E-state index in [4.69, 9.17) is 16.3 Å². The number of benzene rings is 3. The van der Waals surface area contributed by atoms with Gasteiger partial charge in [-0.3, -0.25) is 4.79 Å². The van der Waals surface area contributed by atoms with Crippen LogP contribution in [0.2, 0.25) is 5.02 Å². The second kappa shape index (κ2) is 7.73. The van der Waals surface area contributed by atoms with Crippen LogP contribution >= 0.6 is 11.6 Å². The van der Waals surface area contributed by atoms with E-state index in [-0.39, 0.29) is 5.91 Å². The molecule has 3 aromatic carbocycles. The maximum atomic E-state index is 12.2. The van der Waals surface area contributed by atoms with Gasteiger partial charge in [-0.1, -0.05) is 23.7 Å². The van der Waals surface area contributed by atoms with Crippen molar-refractivity contribution in [1.82, 2.24) is 0 Å². The first-order valence-electron chi connectivity index (χ1n) is 7.72. The van der Waals surface area contributed by atoms with Crippen molar-refractivity contribution in [2.24, 2.45) is 0 Å². The molecule has 0 unspecified atom stereocenters. The average molecular weight is 353 g/mol. The molecule has 126 valence electrons. The number of carbonyl (C=O) groups excluding carboxylic acids is 1. The number of carbonyl (C=O) groups is 1. The summed E-state index contributed by atoms with van der Waals surface area (Å²) in [5, 5.41) is 6.67. The molecule has 0 aromatic heterocycles. The molecule has 0 heterocycles. The number of methoxy groups -OCH3 is 1. The molecular formula is C20H17ClN2O2. The summed E-state index contributed by atoms with van der Waals surface area (Å²) in [5.74, 6) is 0.589. The van der Waals surface area contributed by atoms with Gasteiger partial charge < -0.3 is 15.4 Å². The van der Waals surface area contributed by atoms with Crippen LogP contribution in [0, 0.1) is 0 Å². The van der Waals surface area contributed by atoms with Gasteiger partial charge in [-0.15, -0.1) is 0 Å². The van der Waals surface area contributed by atoms with Gasteiger partial charge in [-0.2, -0.15) is 0 Å². The molecule has 0 aliphatic heterocycles. The smallest absolute Gasteiger partial charge is 0.255 e. The third-order valence-corrected chi connectivity index (χ3v) is 3.82. The molecule has 0 aliphatic carbocycles. The number of amides is 1. The fourth-order valence-corrected chi connectivity index (χ4v) is 2.53. The van der Waals surface area contributed by atoms with Crippen LogP contribution in [0.4, 0.5) is 17.1 Å². The Morgan fingerprint density at radius 1 is 0.880 bits per heavy atom. The highest BCUT2D eigenvalue weighted by Gasteiger charge is 2.06. The Morgan fingerprint density at radius 2 is 1.60 bits per heavy atom. The Kier molecular flexibility index (Phi) is 5.21. The van der Waals surface area contributed by atoms with Crippen LogP contribution in [0.3, 0.4) is 0 Å². The molecule has 4 nitrogen and oxygen atoms in total. The van der Waals surface area contributed by atoms with E-state index in [1.54, 1.807) is 31.4 Å². The highest BCUT2D eigenvalue weighted by molar-refractivity contribution is 6.31. The van der Waals surface area contributed by atoms with Gasteiger partial charge in [0.15, 0.2) is 0 Å². The number of rotatable bonds is 5. The zero-order valence-electron chi connectivity index (χ0n) is 13.6. The van der Waals surface area contributed by atoms with Gasteiger partial charge in [0.25, 0.3) is 5.91 Å². The zero-order chi connectivity index (χ0) is 17.6. The van der Waals surface area contributed by atoms with Gasteiger partial charge in [0.2, 0.25) is 0 Å². The van der Waals surface area contributed by atoms with E-state index < -0.39 is 0 Å². The van der Waals surface area contributed by atoms with Crippen molar-refractivity contribution in [1.29, 1.82) is 0 Å². The van der Waals surface area contributed by atoms with Gasteiger partial charge in [-0.25, -0.2) is 0 Å². The van der Waals surface area contributed by atoms with Crippen LogP contribution < -0.4 is 15.4 Å². The van der Waals surface area contributed by atoms with Crippen molar-refractivity contribution in [2.75, 3.05) is 17.7 Å². The Morgan fingerprint density at radius 3 is 2.32 bits per heavy atom. The predicted molar refractivity (Wildman–Crippen MR) is 102 cm³/mol. The molecule has 2 N–H and O–H groups in total. The van der Waals surface area contributed by atoms with Crippen LogP contribution in [0.25, 0.3) is 0 Å². The van der Waals surface area contributed by atoms with E-state index in [0.29, 0.717) is 16.3 Å². The summed E-state index contributed by atoms with van der Waals surface area (Å²) in [6.45, 7) is 0. The largest absolute Gasteiger partial charge is 0.497 e. The van der Waals surface area contributed by atoms with Crippen LogP contribution in [-0.2, 0) is 0 Å². The third-order valence-electron chi connectivity index (χ3n) is 3.59. The van der Waals surface area contributed by atoms with Crippen molar-refractivity contribution >= 4 is 34.6 Å². The normalized spacial score (nSPS) is 10.2. The quantitative estimate of drug-likeness (QED) is 0.651. The molecule has 3 aromatic rings. The van der Waals surface area contributed by atoms with E-state index in [0.717, 1.165) is 17.1 Å². The summed E-state index contributed by atoms with van der Waals surface area (Å²) in [4.78, 5) is 12.2. The molecular weight excluding hydrogens is 336 g/mol. The Labute approximate surface area is 151 Å². The molecule has 0 fully saturated rings. The van der Waals surface area contributed by atoms with E-state index in [2.05, 4.69) is 10.6 Å². The van der Waals surface area contributed by atoms with Crippen LogP contribution in [0.5, 0.6) is 5.75 Å². The van der Waals surface area contributed by atoms with Crippen molar-refractivity contribution < 1.29 is 9.53 Å². The SMILES string of the molecule is COc1cccc(Nc2ccc(NC(=O)c3cccc(Cl)c3)cc2)c1. The monoisotopic (exact) mass is 352 g/mol. The number of anilines is 3. The van der Waals surface area contributed by atoms with Crippen LogP contribution in [0.1, 0.15) is 10.4 Å². The molecule has 0 bridgehead atoms. The summed E-state index contributed by atoms with van der Waals surface area (Å²) in [6, 6.07) is 22.0. The van der Waals surface area contributed by atoms with Gasteiger partial charge in [0.05, 0.1) is 7.11 Å². The first-order chi connectivity index (χ1) is 12.1. The summed E-state index contributed by atoms with van der Waals surface area (Å²) < 4.78 is 5.21. The molecule has 5 heteroatoms. The number of ether oxygens (including phenoxy) is 1. The van der Waals surface area contributed by atoms with Crippen LogP contribution in [-0.4, -0.2) is 13.0 Å². The zero-order valence-corrected chi connectivity index (χ0v) is 14.4. The topological polar surface area (TPSA) is 50.4 Å². The number of hydrogen-bond acceptors (Lipinski definition) is 3. The summed E-state index contributed by atoms with van der Waals surface area (Å²) in [5.41, 5.74) is 3.07. The van der Waals surface area contributed by atoms with Gasteiger partial charge in [0.1, 0.15) is 5.75 Å². The van der Waals surface area contributed by atoms with Gasteiger partial charge in [0, 0.05) is 33.7 Å². The summed E-state index contributed by atoms with van der Waals surface area (Å²) >= 11 is 5.91. The molecule has 3 rings (SSSR count). The second-order valence-corrected chi connectivity index (χ2v) is 5.84.